The molecule has 1 fully saturated rings. The second-order valence-electron chi connectivity index (χ2n) is 6.90. The molecule has 2 rings (SSSR count). The van der Waals surface area contributed by atoms with Gasteiger partial charge in [0, 0.05) is 24.6 Å². The number of amides is 1. The second kappa shape index (κ2) is 9.21. The molecule has 150 valence electrons. The van der Waals surface area contributed by atoms with Gasteiger partial charge in [-0.15, -0.1) is 0 Å². The molecular weight excluding hydrogens is 368 g/mol. The van der Waals surface area contributed by atoms with Crippen LogP contribution in [-0.4, -0.2) is 50.6 Å². The number of benzene rings is 1. The summed E-state index contributed by atoms with van der Waals surface area (Å²) < 4.78 is 30.5. The van der Waals surface area contributed by atoms with E-state index in [-0.39, 0.29) is 24.3 Å². The number of hydrogen-bond donors (Lipinski definition) is 1. The van der Waals surface area contributed by atoms with E-state index in [0.717, 1.165) is 31.1 Å². The summed E-state index contributed by atoms with van der Waals surface area (Å²) in [4.78, 5) is 26.5. The Kier molecular flexibility index (Phi) is 7.24. The van der Waals surface area contributed by atoms with Crippen molar-refractivity contribution in [3.63, 3.8) is 0 Å². The van der Waals surface area contributed by atoms with Crippen LogP contribution in [0, 0.1) is 6.92 Å². The first-order chi connectivity index (χ1) is 12.7. The van der Waals surface area contributed by atoms with Crippen LogP contribution in [0.1, 0.15) is 54.9 Å². The number of aryl methyl sites for hydroxylation is 1. The van der Waals surface area contributed by atoms with E-state index in [1.165, 1.54) is 0 Å². The first-order valence-electron chi connectivity index (χ1n) is 9.26. The number of sulfonamides is 1. The topological polar surface area (TPSA) is 92.8 Å². The molecule has 0 aliphatic carbocycles. The third kappa shape index (κ3) is 6.23. The summed E-state index contributed by atoms with van der Waals surface area (Å²) >= 11 is 0. The third-order valence-corrected chi connectivity index (χ3v) is 5.25. The van der Waals surface area contributed by atoms with E-state index in [0.29, 0.717) is 30.8 Å². The van der Waals surface area contributed by atoms with E-state index < -0.39 is 10.0 Å². The van der Waals surface area contributed by atoms with E-state index in [9.17, 15) is 18.0 Å². The van der Waals surface area contributed by atoms with Crippen molar-refractivity contribution >= 4 is 27.6 Å². The van der Waals surface area contributed by atoms with E-state index in [1.807, 2.05) is 0 Å². The lowest BCUT2D eigenvalue weighted by Crippen LogP contribution is -2.44. The molecule has 1 heterocycles. The minimum Gasteiger partial charge on any atom is -0.466 e. The third-order valence-electron chi connectivity index (χ3n) is 4.65. The van der Waals surface area contributed by atoms with Crippen LogP contribution in [0.15, 0.2) is 18.2 Å². The van der Waals surface area contributed by atoms with Gasteiger partial charge in [0.05, 0.1) is 18.6 Å². The highest BCUT2D eigenvalue weighted by atomic mass is 32.2. The maximum Gasteiger partial charge on any atom is 0.305 e. The molecule has 0 bridgehead atoms. The Balaban J connectivity index is 2.16. The maximum atomic E-state index is 13.0. The second-order valence-corrected chi connectivity index (χ2v) is 8.64. The summed E-state index contributed by atoms with van der Waals surface area (Å²) in [6.45, 7) is 4.54. The standard InChI is InChI=1S/C19H28N2O5S/c1-4-26-18(22)11-10-16-7-5-6-12-21(16)19(23)15-9-8-14(2)17(13-15)20-27(3,24)25/h8-9,13,16,20H,4-7,10-12H2,1-3H3. The molecule has 1 unspecified atom stereocenters. The van der Waals surface area contributed by atoms with E-state index >= 15 is 0 Å². The number of carbonyl (C=O) groups is 2. The van der Waals surface area contributed by atoms with Crippen LogP contribution in [0.5, 0.6) is 0 Å². The van der Waals surface area contributed by atoms with Crippen molar-refractivity contribution in [1.29, 1.82) is 0 Å². The zero-order chi connectivity index (χ0) is 20.0. The van der Waals surface area contributed by atoms with Crippen molar-refractivity contribution in [2.75, 3.05) is 24.1 Å². The van der Waals surface area contributed by atoms with E-state index in [2.05, 4.69) is 4.72 Å². The fourth-order valence-corrected chi connectivity index (χ4v) is 3.94. The summed E-state index contributed by atoms with van der Waals surface area (Å²) in [5.41, 5.74) is 1.59. The number of piperidine rings is 1. The number of hydrogen-bond acceptors (Lipinski definition) is 5. The molecule has 1 atom stereocenters. The molecule has 7 nitrogen and oxygen atoms in total. The van der Waals surface area contributed by atoms with Crippen molar-refractivity contribution in [3.05, 3.63) is 29.3 Å². The highest BCUT2D eigenvalue weighted by Crippen LogP contribution is 2.25. The molecule has 1 aromatic rings. The molecule has 1 saturated heterocycles. The van der Waals surface area contributed by atoms with E-state index in [1.54, 1.807) is 36.9 Å². The maximum absolute atomic E-state index is 13.0. The van der Waals surface area contributed by atoms with Gasteiger partial charge in [-0.25, -0.2) is 8.42 Å². The smallest absolute Gasteiger partial charge is 0.305 e. The number of anilines is 1. The minimum atomic E-state index is -3.43. The Morgan fingerprint density at radius 2 is 2.04 bits per heavy atom. The summed E-state index contributed by atoms with van der Waals surface area (Å²) in [7, 11) is -3.43. The van der Waals surface area contributed by atoms with Crippen LogP contribution >= 0.6 is 0 Å². The largest absolute Gasteiger partial charge is 0.466 e. The quantitative estimate of drug-likeness (QED) is 0.716. The van der Waals surface area contributed by atoms with Gasteiger partial charge in [0.25, 0.3) is 5.91 Å². The van der Waals surface area contributed by atoms with Gasteiger partial charge in [0.2, 0.25) is 10.0 Å². The zero-order valence-electron chi connectivity index (χ0n) is 16.2. The molecule has 8 heteroatoms. The molecule has 1 aliphatic heterocycles. The van der Waals surface area contributed by atoms with E-state index in [4.69, 9.17) is 4.74 Å². The van der Waals surface area contributed by atoms with Crippen molar-refractivity contribution in [2.45, 2.75) is 52.0 Å². The number of esters is 1. The number of nitrogens with zero attached hydrogens (tertiary/aromatic N) is 1. The lowest BCUT2D eigenvalue weighted by atomic mass is 9.96. The van der Waals surface area contributed by atoms with Crippen molar-refractivity contribution in [3.8, 4) is 0 Å². The average molecular weight is 397 g/mol. The van der Waals surface area contributed by atoms with Crippen LogP contribution in [0.25, 0.3) is 0 Å². The Morgan fingerprint density at radius 1 is 1.30 bits per heavy atom. The van der Waals surface area contributed by atoms with Crippen LogP contribution in [0.3, 0.4) is 0 Å². The highest BCUT2D eigenvalue weighted by Gasteiger charge is 2.28. The van der Waals surface area contributed by atoms with Crippen LogP contribution in [-0.2, 0) is 19.6 Å². The number of likely N-dealkylation sites (tertiary alicyclic amines) is 1. The number of ether oxygens (including phenoxy) is 1. The number of carbonyl (C=O) groups excluding carboxylic acids is 2. The molecule has 1 aromatic carbocycles. The molecule has 0 saturated carbocycles. The summed E-state index contributed by atoms with van der Waals surface area (Å²) in [5, 5.41) is 0. The summed E-state index contributed by atoms with van der Waals surface area (Å²) in [6, 6.07) is 5.01. The Bertz CT molecular complexity index is 791. The first kappa shape index (κ1) is 21.2. The summed E-state index contributed by atoms with van der Waals surface area (Å²) in [6.07, 6.45) is 4.73. The van der Waals surface area contributed by atoms with Gasteiger partial charge >= 0.3 is 5.97 Å². The SMILES string of the molecule is CCOC(=O)CCC1CCCCN1C(=O)c1ccc(C)c(NS(C)(=O)=O)c1. The highest BCUT2D eigenvalue weighted by molar-refractivity contribution is 7.92. The van der Waals surface area contributed by atoms with Crippen LogP contribution in [0.2, 0.25) is 0 Å². The summed E-state index contributed by atoms with van der Waals surface area (Å²) in [5.74, 6) is -0.384. The number of nitrogens with one attached hydrogen (secondary N) is 1. The number of rotatable bonds is 7. The Labute approximate surface area is 161 Å². The van der Waals surface area contributed by atoms with Gasteiger partial charge in [0.1, 0.15) is 0 Å². The monoisotopic (exact) mass is 396 g/mol. The molecule has 27 heavy (non-hydrogen) atoms. The lowest BCUT2D eigenvalue weighted by Gasteiger charge is -2.36. The minimum absolute atomic E-state index is 0.0109. The van der Waals surface area contributed by atoms with Crippen molar-refractivity contribution in [2.24, 2.45) is 0 Å². The van der Waals surface area contributed by atoms with Gasteiger partial charge in [-0.05, 0) is 57.2 Å². The average Bonchev–Trinajstić information content (AvgIpc) is 2.60. The van der Waals surface area contributed by atoms with Gasteiger partial charge in [-0.1, -0.05) is 6.07 Å². The van der Waals surface area contributed by atoms with Crippen molar-refractivity contribution < 1.29 is 22.7 Å². The lowest BCUT2D eigenvalue weighted by molar-refractivity contribution is -0.143. The zero-order valence-corrected chi connectivity index (χ0v) is 17.0. The normalized spacial score (nSPS) is 17.4. The Morgan fingerprint density at radius 3 is 2.70 bits per heavy atom. The Hall–Kier alpha value is -2.09. The van der Waals surface area contributed by atoms with Crippen LogP contribution in [0.4, 0.5) is 5.69 Å². The predicted octanol–water partition coefficient (Wildman–Crippen LogP) is 2.70. The molecular formula is C19H28N2O5S. The van der Waals surface area contributed by atoms with Gasteiger partial charge in [-0.3, -0.25) is 14.3 Å². The van der Waals surface area contributed by atoms with Gasteiger partial charge < -0.3 is 9.64 Å². The van der Waals surface area contributed by atoms with Crippen molar-refractivity contribution in [1.82, 2.24) is 4.90 Å². The van der Waals surface area contributed by atoms with Gasteiger partial charge in [-0.2, -0.15) is 0 Å². The molecule has 0 radical (unpaired) electrons. The fourth-order valence-electron chi connectivity index (χ4n) is 3.32. The van der Waals surface area contributed by atoms with Crippen LogP contribution < -0.4 is 4.72 Å². The molecule has 0 aromatic heterocycles. The molecule has 1 amide bonds. The first-order valence-corrected chi connectivity index (χ1v) is 11.2. The fraction of sp³-hybridized carbons (Fsp3) is 0.579. The predicted molar refractivity (Wildman–Crippen MR) is 104 cm³/mol. The molecule has 1 aliphatic rings. The van der Waals surface area contributed by atoms with Gasteiger partial charge in [0.15, 0.2) is 0 Å². The molecule has 0 spiro atoms. The molecule has 1 N–H and O–H groups in total.